The second-order valence-electron chi connectivity index (χ2n) is 3.89. The summed E-state index contributed by atoms with van der Waals surface area (Å²) in [5.74, 6) is -2.10. The number of carboxylic acid groups (broad SMARTS) is 2. The van der Waals surface area contributed by atoms with Gasteiger partial charge in [0.05, 0.1) is 6.42 Å². The lowest BCUT2D eigenvalue weighted by Crippen LogP contribution is -2.07. The van der Waals surface area contributed by atoms with Crippen LogP contribution in [0.15, 0.2) is 0 Å². The molecule has 0 amide bonds. The molecule has 0 aliphatic heterocycles. The van der Waals surface area contributed by atoms with Crippen LogP contribution in [0.3, 0.4) is 0 Å². The minimum Gasteiger partial charge on any atom is -0.481 e. The Hall–Kier alpha value is -2.02. The van der Waals surface area contributed by atoms with Gasteiger partial charge in [0.15, 0.2) is 5.69 Å². The number of hydrogen-bond donors (Lipinski definition) is 2. The number of aromatic carboxylic acids is 1. The summed E-state index contributed by atoms with van der Waals surface area (Å²) >= 11 is 1.01. The SMILES string of the molecule is Cc1nc2snc(C(=O)O)c2c(C)c1CC(=O)O. The molecule has 0 radical (unpaired) electrons. The molecule has 0 atom stereocenters. The Morgan fingerprint density at radius 2 is 1.94 bits per heavy atom. The molecule has 0 spiro atoms. The van der Waals surface area contributed by atoms with E-state index in [2.05, 4.69) is 9.36 Å². The third-order valence-corrected chi connectivity index (χ3v) is 3.48. The van der Waals surface area contributed by atoms with Gasteiger partial charge in [-0.3, -0.25) is 4.79 Å². The maximum Gasteiger partial charge on any atom is 0.356 e. The molecule has 0 aromatic carbocycles. The molecular formula is C11H10N2O4S. The normalized spacial score (nSPS) is 10.8. The molecule has 94 valence electrons. The molecule has 0 unspecified atom stereocenters. The first-order valence-electron chi connectivity index (χ1n) is 5.12. The van der Waals surface area contributed by atoms with Crippen LogP contribution in [-0.4, -0.2) is 31.5 Å². The van der Waals surface area contributed by atoms with Gasteiger partial charge in [0, 0.05) is 11.1 Å². The van der Waals surface area contributed by atoms with Gasteiger partial charge in [0.2, 0.25) is 0 Å². The summed E-state index contributed by atoms with van der Waals surface area (Å²) in [4.78, 5) is 26.6. The van der Waals surface area contributed by atoms with E-state index in [-0.39, 0.29) is 12.1 Å². The fraction of sp³-hybridized carbons (Fsp3) is 0.273. The first-order valence-corrected chi connectivity index (χ1v) is 5.89. The van der Waals surface area contributed by atoms with E-state index in [0.717, 1.165) is 11.5 Å². The highest BCUT2D eigenvalue weighted by Crippen LogP contribution is 2.28. The molecule has 0 saturated carbocycles. The molecule has 18 heavy (non-hydrogen) atoms. The summed E-state index contributed by atoms with van der Waals surface area (Å²) in [6, 6.07) is 0. The van der Waals surface area contributed by atoms with Gasteiger partial charge in [-0.15, -0.1) is 0 Å². The highest BCUT2D eigenvalue weighted by atomic mass is 32.1. The van der Waals surface area contributed by atoms with Crippen LogP contribution in [0.25, 0.3) is 10.2 Å². The Labute approximate surface area is 106 Å². The van der Waals surface area contributed by atoms with Gasteiger partial charge < -0.3 is 10.2 Å². The van der Waals surface area contributed by atoms with E-state index in [0.29, 0.717) is 27.0 Å². The van der Waals surface area contributed by atoms with Crippen molar-refractivity contribution >= 4 is 33.7 Å². The van der Waals surface area contributed by atoms with Gasteiger partial charge in [-0.1, -0.05) is 0 Å². The largest absolute Gasteiger partial charge is 0.481 e. The number of carboxylic acids is 2. The van der Waals surface area contributed by atoms with Crippen molar-refractivity contribution in [2.75, 3.05) is 0 Å². The monoisotopic (exact) mass is 266 g/mol. The van der Waals surface area contributed by atoms with Crippen molar-refractivity contribution in [1.82, 2.24) is 9.36 Å². The minimum atomic E-state index is -1.13. The van der Waals surface area contributed by atoms with E-state index in [1.807, 2.05) is 0 Å². The van der Waals surface area contributed by atoms with E-state index >= 15 is 0 Å². The Morgan fingerprint density at radius 1 is 1.28 bits per heavy atom. The number of hydrogen-bond acceptors (Lipinski definition) is 5. The van der Waals surface area contributed by atoms with Gasteiger partial charge in [-0.2, -0.15) is 4.37 Å². The Bertz CT molecular complexity index is 663. The lowest BCUT2D eigenvalue weighted by molar-refractivity contribution is -0.136. The molecule has 2 rings (SSSR count). The lowest BCUT2D eigenvalue weighted by atomic mass is 10.0. The Morgan fingerprint density at radius 3 is 2.50 bits per heavy atom. The molecule has 0 saturated heterocycles. The molecular weight excluding hydrogens is 256 g/mol. The Kier molecular flexibility index (Phi) is 3.00. The smallest absolute Gasteiger partial charge is 0.356 e. The number of aromatic nitrogens is 2. The van der Waals surface area contributed by atoms with Crippen molar-refractivity contribution in [3.63, 3.8) is 0 Å². The molecule has 0 fully saturated rings. The first kappa shape index (κ1) is 12.4. The van der Waals surface area contributed by atoms with Crippen LogP contribution in [0.1, 0.15) is 27.3 Å². The standard InChI is InChI=1S/C11H10N2O4S/c1-4-6(3-7(14)15)5(2)12-10-8(4)9(11(16)17)13-18-10/h3H2,1-2H3,(H,14,15)(H,16,17). The van der Waals surface area contributed by atoms with E-state index < -0.39 is 11.9 Å². The molecule has 2 aromatic heterocycles. The van der Waals surface area contributed by atoms with Crippen LogP contribution >= 0.6 is 11.5 Å². The maximum absolute atomic E-state index is 11.0. The van der Waals surface area contributed by atoms with E-state index in [1.165, 1.54) is 0 Å². The van der Waals surface area contributed by atoms with Crippen LogP contribution in [0, 0.1) is 13.8 Å². The Balaban J connectivity index is 2.77. The molecule has 2 heterocycles. The lowest BCUT2D eigenvalue weighted by Gasteiger charge is -2.08. The van der Waals surface area contributed by atoms with Gasteiger partial charge >= 0.3 is 11.9 Å². The maximum atomic E-state index is 11.0. The van der Waals surface area contributed by atoms with Crippen LogP contribution in [0.4, 0.5) is 0 Å². The number of fused-ring (bicyclic) bond motifs is 1. The van der Waals surface area contributed by atoms with Gasteiger partial charge in [-0.25, -0.2) is 9.78 Å². The predicted octanol–water partition coefficient (Wildman–Crippen LogP) is 1.63. The summed E-state index contributed by atoms with van der Waals surface area (Å²) in [5.41, 5.74) is 1.72. The van der Waals surface area contributed by atoms with Gasteiger partial charge in [-0.05, 0) is 36.5 Å². The summed E-state index contributed by atoms with van der Waals surface area (Å²) in [6.07, 6.45) is -0.171. The quantitative estimate of drug-likeness (QED) is 0.875. The van der Waals surface area contributed by atoms with Crippen molar-refractivity contribution in [3.8, 4) is 0 Å². The van der Waals surface area contributed by atoms with E-state index in [9.17, 15) is 9.59 Å². The average molecular weight is 266 g/mol. The molecule has 0 aliphatic carbocycles. The molecule has 7 heteroatoms. The zero-order valence-corrected chi connectivity index (χ0v) is 10.5. The van der Waals surface area contributed by atoms with Crippen molar-refractivity contribution in [2.45, 2.75) is 20.3 Å². The number of carbonyl (C=O) groups is 2. The number of aryl methyl sites for hydroxylation is 2. The van der Waals surface area contributed by atoms with Crippen molar-refractivity contribution in [1.29, 1.82) is 0 Å². The number of nitrogens with zero attached hydrogens (tertiary/aromatic N) is 2. The van der Waals surface area contributed by atoms with Crippen LogP contribution in [-0.2, 0) is 11.2 Å². The minimum absolute atomic E-state index is 0.0633. The predicted molar refractivity (Wildman–Crippen MR) is 65.2 cm³/mol. The summed E-state index contributed by atoms with van der Waals surface area (Å²) in [7, 11) is 0. The topological polar surface area (TPSA) is 100 Å². The van der Waals surface area contributed by atoms with E-state index in [4.69, 9.17) is 10.2 Å². The number of pyridine rings is 1. The highest BCUT2D eigenvalue weighted by molar-refractivity contribution is 7.13. The second-order valence-corrected chi connectivity index (χ2v) is 4.64. The molecule has 0 bridgehead atoms. The third-order valence-electron chi connectivity index (χ3n) is 2.74. The first-order chi connectivity index (χ1) is 8.41. The van der Waals surface area contributed by atoms with Crippen LogP contribution in [0.2, 0.25) is 0 Å². The highest BCUT2D eigenvalue weighted by Gasteiger charge is 2.20. The molecule has 6 nitrogen and oxygen atoms in total. The molecule has 2 aromatic rings. The second kappa shape index (κ2) is 4.34. The summed E-state index contributed by atoms with van der Waals surface area (Å²) in [6.45, 7) is 3.42. The zero-order chi connectivity index (χ0) is 13.4. The molecule has 0 aliphatic rings. The molecule has 2 N–H and O–H groups in total. The van der Waals surface area contributed by atoms with Gasteiger partial charge in [0.25, 0.3) is 0 Å². The average Bonchev–Trinajstić information content (AvgIpc) is 2.67. The van der Waals surface area contributed by atoms with E-state index in [1.54, 1.807) is 13.8 Å². The fourth-order valence-electron chi connectivity index (χ4n) is 1.90. The number of rotatable bonds is 3. The summed E-state index contributed by atoms with van der Waals surface area (Å²) < 4.78 is 3.85. The van der Waals surface area contributed by atoms with Crippen LogP contribution < -0.4 is 0 Å². The third kappa shape index (κ3) is 1.92. The van der Waals surface area contributed by atoms with Crippen LogP contribution in [0.5, 0.6) is 0 Å². The fourth-order valence-corrected chi connectivity index (χ4v) is 2.76. The van der Waals surface area contributed by atoms with Crippen molar-refractivity contribution in [3.05, 3.63) is 22.5 Å². The zero-order valence-electron chi connectivity index (χ0n) is 9.72. The van der Waals surface area contributed by atoms with Crippen molar-refractivity contribution in [2.24, 2.45) is 0 Å². The summed E-state index contributed by atoms with van der Waals surface area (Å²) in [5, 5.41) is 18.3. The van der Waals surface area contributed by atoms with Crippen molar-refractivity contribution < 1.29 is 19.8 Å². The van der Waals surface area contributed by atoms with Gasteiger partial charge in [0.1, 0.15) is 4.83 Å². The number of aliphatic carboxylic acids is 1.